The van der Waals surface area contributed by atoms with Crippen molar-refractivity contribution in [2.75, 3.05) is 32.7 Å². The van der Waals surface area contributed by atoms with E-state index in [0.717, 1.165) is 51.9 Å². The molecule has 3 rings (SSSR count). The number of unbranched alkanes of at least 4 members (excludes halogenated alkanes) is 1. The first-order valence-electron chi connectivity index (χ1n) is 9.42. The Labute approximate surface area is 168 Å². The fourth-order valence-electron chi connectivity index (χ4n) is 3.57. The number of hydrogen-bond donors (Lipinski definition) is 2. The second-order valence-corrected chi connectivity index (χ2v) is 7.01. The quantitative estimate of drug-likeness (QED) is 0.755. The zero-order valence-electron chi connectivity index (χ0n) is 15.5. The van der Waals surface area contributed by atoms with Crippen LogP contribution in [0.4, 0.5) is 0 Å². The number of piperidine rings is 2. The van der Waals surface area contributed by atoms with Gasteiger partial charge in [-0.1, -0.05) is 18.6 Å². The molecule has 1 aromatic rings. The highest BCUT2D eigenvalue weighted by Gasteiger charge is 2.23. The van der Waals surface area contributed by atoms with E-state index in [1.54, 1.807) is 0 Å². The third-order valence-electron chi connectivity index (χ3n) is 5.18. The molecule has 1 amide bonds. The Balaban J connectivity index is 0.00000169. The summed E-state index contributed by atoms with van der Waals surface area (Å²) >= 11 is 0. The van der Waals surface area contributed by atoms with Gasteiger partial charge in [0, 0.05) is 19.1 Å². The first-order valence-corrected chi connectivity index (χ1v) is 9.42. The molecule has 26 heavy (non-hydrogen) atoms. The minimum atomic E-state index is -0.0813. The predicted molar refractivity (Wildman–Crippen MR) is 107 cm³/mol. The van der Waals surface area contributed by atoms with E-state index in [-0.39, 0.29) is 36.8 Å². The van der Waals surface area contributed by atoms with E-state index in [0.29, 0.717) is 11.7 Å². The monoisotopic (exact) mass is 406 g/mol. The van der Waals surface area contributed by atoms with Gasteiger partial charge in [0.1, 0.15) is 0 Å². The Morgan fingerprint density at radius 1 is 1.23 bits per heavy atom. The molecule has 0 aliphatic carbocycles. The number of rotatable bonds is 6. The van der Waals surface area contributed by atoms with E-state index < -0.39 is 0 Å². The second-order valence-electron chi connectivity index (χ2n) is 7.01. The van der Waals surface area contributed by atoms with Gasteiger partial charge in [0.05, 0.1) is 12.2 Å². The lowest BCUT2D eigenvalue weighted by molar-refractivity contribution is 0.0905. The van der Waals surface area contributed by atoms with Gasteiger partial charge in [0.15, 0.2) is 5.69 Å². The molecule has 2 saturated heterocycles. The zero-order chi connectivity index (χ0) is 16.8. The minimum Gasteiger partial charge on any atom is -0.348 e. The Kier molecular flexibility index (Phi) is 10.5. The number of carbonyl (C=O) groups is 1. The van der Waals surface area contributed by atoms with E-state index in [4.69, 9.17) is 0 Å². The summed E-state index contributed by atoms with van der Waals surface area (Å²) in [5, 5.41) is 14.7. The maximum absolute atomic E-state index is 12.4. The highest BCUT2D eigenvalue weighted by molar-refractivity contribution is 5.92. The number of nitrogens with zero attached hydrogens (tertiary/aromatic N) is 4. The maximum Gasteiger partial charge on any atom is 0.273 e. The molecular formula is C17H32Cl2N6O. The van der Waals surface area contributed by atoms with Gasteiger partial charge in [-0.15, -0.1) is 29.9 Å². The lowest BCUT2D eigenvalue weighted by atomic mass is 10.0. The second kappa shape index (κ2) is 11.7. The van der Waals surface area contributed by atoms with Crippen LogP contribution in [0.5, 0.6) is 0 Å². The molecule has 2 fully saturated rings. The summed E-state index contributed by atoms with van der Waals surface area (Å²) in [6, 6.07) is 0.626. The minimum absolute atomic E-state index is 0. The molecule has 0 bridgehead atoms. The van der Waals surface area contributed by atoms with E-state index in [1.807, 2.05) is 10.9 Å². The van der Waals surface area contributed by atoms with E-state index in [1.165, 1.54) is 19.4 Å². The van der Waals surface area contributed by atoms with E-state index in [9.17, 15) is 4.79 Å². The molecule has 0 unspecified atom stereocenters. The van der Waals surface area contributed by atoms with Crippen molar-refractivity contribution in [3.8, 4) is 0 Å². The molecule has 0 radical (unpaired) electrons. The van der Waals surface area contributed by atoms with Crippen molar-refractivity contribution in [1.29, 1.82) is 0 Å². The van der Waals surface area contributed by atoms with Gasteiger partial charge in [0.25, 0.3) is 5.91 Å². The normalized spacial score (nSPS) is 19.4. The molecule has 1 aromatic heterocycles. The van der Waals surface area contributed by atoms with Crippen LogP contribution >= 0.6 is 24.8 Å². The van der Waals surface area contributed by atoms with Crippen LogP contribution in [-0.2, 0) is 0 Å². The van der Waals surface area contributed by atoms with Gasteiger partial charge in [-0.2, -0.15) is 0 Å². The van der Waals surface area contributed by atoms with Crippen LogP contribution < -0.4 is 10.6 Å². The number of likely N-dealkylation sites (tertiary alicyclic amines) is 1. The Morgan fingerprint density at radius 2 is 1.92 bits per heavy atom. The van der Waals surface area contributed by atoms with Gasteiger partial charge in [-0.05, 0) is 51.7 Å². The number of carbonyl (C=O) groups excluding carboxylic acids is 1. The molecule has 0 atom stereocenters. The smallest absolute Gasteiger partial charge is 0.273 e. The summed E-state index contributed by atoms with van der Waals surface area (Å²) in [4.78, 5) is 14.9. The van der Waals surface area contributed by atoms with Gasteiger partial charge < -0.3 is 15.5 Å². The summed E-state index contributed by atoms with van der Waals surface area (Å²) in [6.07, 6.45) is 8.44. The van der Waals surface area contributed by atoms with Crippen LogP contribution in [0, 0.1) is 0 Å². The number of nitrogens with one attached hydrogen (secondary N) is 2. The molecule has 2 N–H and O–H groups in total. The highest BCUT2D eigenvalue weighted by atomic mass is 35.5. The number of aromatic nitrogens is 3. The molecule has 0 aromatic carbocycles. The van der Waals surface area contributed by atoms with Crippen LogP contribution in [0.2, 0.25) is 0 Å². The third-order valence-corrected chi connectivity index (χ3v) is 5.18. The number of halogens is 2. The predicted octanol–water partition coefficient (Wildman–Crippen LogP) is 2.04. The fraction of sp³-hybridized carbons (Fsp3) is 0.824. The number of hydrogen-bond acceptors (Lipinski definition) is 5. The average Bonchev–Trinajstić information content (AvgIpc) is 3.12. The lowest BCUT2D eigenvalue weighted by Crippen LogP contribution is -2.44. The van der Waals surface area contributed by atoms with Crippen molar-refractivity contribution < 1.29 is 4.79 Å². The van der Waals surface area contributed by atoms with Gasteiger partial charge in [-0.3, -0.25) is 4.79 Å². The summed E-state index contributed by atoms with van der Waals surface area (Å²) in [5.74, 6) is -0.0813. The molecule has 150 valence electrons. The molecule has 2 aliphatic rings. The lowest BCUT2D eigenvalue weighted by Gasteiger charge is -2.32. The Hall–Kier alpha value is -0.890. The van der Waals surface area contributed by atoms with Gasteiger partial charge in [-0.25, -0.2) is 4.68 Å². The summed E-state index contributed by atoms with van der Waals surface area (Å²) in [5.41, 5.74) is 0.446. The summed E-state index contributed by atoms with van der Waals surface area (Å²) < 4.78 is 1.86. The third kappa shape index (κ3) is 6.37. The first kappa shape index (κ1) is 23.1. The maximum atomic E-state index is 12.4. The topological polar surface area (TPSA) is 75.1 Å². The molecule has 3 heterocycles. The largest absolute Gasteiger partial charge is 0.348 e. The van der Waals surface area contributed by atoms with Crippen LogP contribution in [0.3, 0.4) is 0 Å². The van der Waals surface area contributed by atoms with Crippen molar-refractivity contribution >= 4 is 30.7 Å². The van der Waals surface area contributed by atoms with Gasteiger partial charge >= 0.3 is 0 Å². The summed E-state index contributed by atoms with van der Waals surface area (Å²) in [7, 11) is 0. The standard InChI is InChI=1S/C17H30N6O.2ClH/c1-2-3-10-22-11-6-14(7-12-22)19-17(24)16-13-23(21-20-16)15-4-8-18-9-5-15;;/h13-15,18H,2-12H2,1H3,(H,19,24);2*1H. The van der Waals surface area contributed by atoms with Crippen molar-refractivity contribution in [3.63, 3.8) is 0 Å². The van der Waals surface area contributed by atoms with Crippen LogP contribution in [0.25, 0.3) is 0 Å². The Morgan fingerprint density at radius 3 is 2.58 bits per heavy atom. The molecule has 9 heteroatoms. The van der Waals surface area contributed by atoms with Crippen molar-refractivity contribution in [2.45, 2.75) is 57.5 Å². The van der Waals surface area contributed by atoms with E-state index in [2.05, 4.69) is 32.8 Å². The number of amides is 1. The molecular weight excluding hydrogens is 375 g/mol. The van der Waals surface area contributed by atoms with Crippen LogP contribution in [0.1, 0.15) is 62.0 Å². The molecule has 0 spiro atoms. The first-order chi connectivity index (χ1) is 11.8. The van der Waals surface area contributed by atoms with Crippen LogP contribution in [-0.4, -0.2) is 64.6 Å². The van der Waals surface area contributed by atoms with Crippen molar-refractivity contribution in [1.82, 2.24) is 30.5 Å². The molecule has 0 saturated carbocycles. The molecule has 2 aliphatic heterocycles. The Bertz CT molecular complexity index is 527. The zero-order valence-corrected chi connectivity index (χ0v) is 17.2. The van der Waals surface area contributed by atoms with Crippen molar-refractivity contribution in [3.05, 3.63) is 11.9 Å². The van der Waals surface area contributed by atoms with E-state index >= 15 is 0 Å². The summed E-state index contributed by atoms with van der Waals surface area (Å²) in [6.45, 7) is 7.57. The fourth-order valence-corrected chi connectivity index (χ4v) is 3.57. The highest BCUT2D eigenvalue weighted by Crippen LogP contribution is 2.17. The van der Waals surface area contributed by atoms with Gasteiger partial charge in [0.2, 0.25) is 0 Å². The van der Waals surface area contributed by atoms with Crippen molar-refractivity contribution in [2.24, 2.45) is 0 Å². The van der Waals surface area contributed by atoms with Crippen LogP contribution in [0.15, 0.2) is 6.20 Å². The average molecular weight is 407 g/mol. The molecule has 7 nitrogen and oxygen atoms in total. The SMILES string of the molecule is CCCCN1CCC(NC(=O)c2cn(C3CCNCC3)nn2)CC1.Cl.Cl.